The van der Waals surface area contributed by atoms with Gasteiger partial charge in [-0.25, -0.2) is 0 Å². The third-order valence-electron chi connectivity index (χ3n) is 3.85. The lowest BCUT2D eigenvalue weighted by atomic mass is 10.2. The lowest BCUT2D eigenvalue weighted by molar-refractivity contribution is 0.288. The number of hydrogen-bond donors (Lipinski definition) is 1. The molecule has 1 N–H and O–H groups in total. The van der Waals surface area contributed by atoms with E-state index in [4.69, 9.17) is 0 Å². The lowest BCUT2D eigenvalue weighted by Crippen LogP contribution is -2.38. The molecule has 2 heterocycles. The highest BCUT2D eigenvalue weighted by Crippen LogP contribution is 2.13. The first-order chi connectivity index (χ1) is 7.36. The fraction of sp³-hybridized carbons (Fsp3) is 1.00. The predicted octanol–water partition coefficient (Wildman–Crippen LogP) is 0.766. The van der Waals surface area contributed by atoms with Crippen molar-refractivity contribution in [3.05, 3.63) is 0 Å². The maximum Gasteiger partial charge on any atom is 0.0218 e. The molecule has 88 valence electrons. The number of hydrogen-bond acceptors (Lipinski definition) is 3. The van der Waals surface area contributed by atoms with Crippen molar-refractivity contribution in [3.8, 4) is 0 Å². The fourth-order valence-electron chi connectivity index (χ4n) is 2.75. The SMILES string of the molecule is CN1CCCC1CNCCN1CCCC1. The molecule has 0 bridgehead atoms. The normalized spacial score (nSPS) is 29.0. The monoisotopic (exact) mass is 211 g/mol. The molecule has 0 amide bonds. The maximum absolute atomic E-state index is 3.60. The average molecular weight is 211 g/mol. The summed E-state index contributed by atoms with van der Waals surface area (Å²) in [5, 5.41) is 3.60. The number of nitrogens with one attached hydrogen (secondary N) is 1. The predicted molar refractivity (Wildman–Crippen MR) is 64.2 cm³/mol. The first-order valence-corrected chi connectivity index (χ1v) is 6.49. The second-order valence-corrected chi connectivity index (χ2v) is 5.03. The van der Waals surface area contributed by atoms with E-state index in [0.717, 1.165) is 6.04 Å². The number of nitrogens with zero attached hydrogens (tertiary/aromatic N) is 2. The highest BCUT2D eigenvalue weighted by Gasteiger charge is 2.19. The Kier molecular flexibility index (Phi) is 4.42. The summed E-state index contributed by atoms with van der Waals surface area (Å²) < 4.78 is 0. The van der Waals surface area contributed by atoms with E-state index >= 15 is 0 Å². The second kappa shape index (κ2) is 5.83. The molecule has 3 nitrogen and oxygen atoms in total. The lowest BCUT2D eigenvalue weighted by Gasteiger charge is -2.21. The molecule has 2 rings (SSSR count). The molecular formula is C12H25N3. The standard InChI is InChI=1S/C12H25N3/c1-14-7-4-5-12(14)11-13-6-10-15-8-2-3-9-15/h12-13H,2-11H2,1H3. The van der Waals surface area contributed by atoms with Crippen LogP contribution in [0.15, 0.2) is 0 Å². The van der Waals surface area contributed by atoms with E-state index in [-0.39, 0.29) is 0 Å². The van der Waals surface area contributed by atoms with E-state index in [1.54, 1.807) is 0 Å². The van der Waals surface area contributed by atoms with E-state index in [1.165, 1.54) is 65.0 Å². The van der Waals surface area contributed by atoms with E-state index in [0.29, 0.717) is 0 Å². The van der Waals surface area contributed by atoms with E-state index in [2.05, 4.69) is 22.2 Å². The van der Waals surface area contributed by atoms with Gasteiger partial charge in [-0.3, -0.25) is 0 Å². The molecule has 0 radical (unpaired) electrons. The third-order valence-corrected chi connectivity index (χ3v) is 3.85. The molecule has 2 aliphatic rings. The van der Waals surface area contributed by atoms with Crippen LogP contribution in [-0.2, 0) is 0 Å². The minimum atomic E-state index is 0.795. The van der Waals surface area contributed by atoms with Crippen LogP contribution in [0.5, 0.6) is 0 Å². The van der Waals surface area contributed by atoms with Gasteiger partial charge in [-0.05, 0) is 52.4 Å². The first kappa shape index (κ1) is 11.4. The van der Waals surface area contributed by atoms with Crippen LogP contribution in [0.3, 0.4) is 0 Å². The van der Waals surface area contributed by atoms with Crippen molar-refractivity contribution in [2.24, 2.45) is 0 Å². The zero-order valence-corrected chi connectivity index (χ0v) is 10.0. The van der Waals surface area contributed by atoms with Gasteiger partial charge in [0.05, 0.1) is 0 Å². The van der Waals surface area contributed by atoms with Crippen molar-refractivity contribution in [2.75, 3.05) is 46.3 Å². The van der Waals surface area contributed by atoms with Gasteiger partial charge in [0.15, 0.2) is 0 Å². The van der Waals surface area contributed by atoms with Gasteiger partial charge in [-0.2, -0.15) is 0 Å². The zero-order valence-electron chi connectivity index (χ0n) is 10.0. The largest absolute Gasteiger partial charge is 0.314 e. The van der Waals surface area contributed by atoms with Gasteiger partial charge < -0.3 is 15.1 Å². The van der Waals surface area contributed by atoms with Crippen molar-refractivity contribution in [2.45, 2.75) is 31.7 Å². The molecule has 2 aliphatic heterocycles. The number of likely N-dealkylation sites (N-methyl/N-ethyl adjacent to an activating group) is 1. The van der Waals surface area contributed by atoms with E-state index in [9.17, 15) is 0 Å². The second-order valence-electron chi connectivity index (χ2n) is 5.03. The molecule has 0 aromatic rings. The van der Waals surface area contributed by atoms with Gasteiger partial charge in [0.25, 0.3) is 0 Å². The van der Waals surface area contributed by atoms with Crippen LogP contribution in [0.1, 0.15) is 25.7 Å². The average Bonchev–Trinajstić information content (AvgIpc) is 2.85. The Labute approximate surface area is 93.8 Å². The van der Waals surface area contributed by atoms with Crippen molar-refractivity contribution in [3.63, 3.8) is 0 Å². The third kappa shape index (κ3) is 3.44. The first-order valence-electron chi connectivity index (χ1n) is 6.49. The highest BCUT2D eigenvalue weighted by atomic mass is 15.2. The van der Waals surface area contributed by atoms with Crippen LogP contribution in [0.25, 0.3) is 0 Å². The summed E-state index contributed by atoms with van der Waals surface area (Å²) in [6.07, 6.45) is 5.58. The molecule has 15 heavy (non-hydrogen) atoms. The molecule has 2 saturated heterocycles. The topological polar surface area (TPSA) is 18.5 Å². The van der Waals surface area contributed by atoms with Gasteiger partial charge in [0.1, 0.15) is 0 Å². The van der Waals surface area contributed by atoms with Gasteiger partial charge in [-0.15, -0.1) is 0 Å². The van der Waals surface area contributed by atoms with Crippen LogP contribution >= 0.6 is 0 Å². The van der Waals surface area contributed by atoms with Crippen molar-refractivity contribution in [1.82, 2.24) is 15.1 Å². The number of rotatable bonds is 5. The summed E-state index contributed by atoms with van der Waals surface area (Å²) in [5.41, 5.74) is 0. The minimum absolute atomic E-state index is 0.795. The summed E-state index contributed by atoms with van der Waals surface area (Å²) in [6, 6.07) is 0.795. The summed E-state index contributed by atoms with van der Waals surface area (Å²) in [5.74, 6) is 0. The minimum Gasteiger partial charge on any atom is -0.314 e. The van der Waals surface area contributed by atoms with Gasteiger partial charge >= 0.3 is 0 Å². The molecule has 0 spiro atoms. The zero-order chi connectivity index (χ0) is 10.5. The Morgan fingerprint density at radius 2 is 1.93 bits per heavy atom. The molecule has 1 unspecified atom stereocenters. The maximum atomic E-state index is 3.60. The van der Waals surface area contributed by atoms with Gasteiger partial charge in [-0.1, -0.05) is 0 Å². The Hall–Kier alpha value is -0.120. The summed E-state index contributed by atoms with van der Waals surface area (Å²) in [7, 11) is 2.25. The number of likely N-dealkylation sites (tertiary alicyclic amines) is 2. The molecular weight excluding hydrogens is 186 g/mol. The molecule has 0 aliphatic carbocycles. The molecule has 0 saturated carbocycles. The molecule has 0 aromatic heterocycles. The van der Waals surface area contributed by atoms with Gasteiger partial charge in [0, 0.05) is 25.7 Å². The molecule has 1 atom stereocenters. The summed E-state index contributed by atoms with van der Waals surface area (Å²) in [6.45, 7) is 7.54. The van der Waals surface area contributed by atoms with E-state index in [1.807, 2.05) is 0 Å². The van der Waals surface area contributed by atoms with Crippen LogP contribution in [0.2, 0.25) is 0 Å². The van der Waals surface area contributed by atoms with Crippen molar-refractivity contribution < 1.29 is 0 Å². The smallest absolute Gasteiger partial charge is 0.0218 e. The van der Waals surface area contributed by atoms with Crippen molar-refractivity contribution in [1.29, 1.82) is 0 Å². The summed E-state index contributed by atoms with van der Waals surface area (Å²) in [4.78, 5) is 5.06. The Morgan fingerprint density at radius 1 is 1.13 bits per heavy atom. The van der Waals surface area contributed by atoms with Crippen LogP contribution < -0.4 is 5.32 Å². The van der Waals surface area contributed by atoms with Gasteiger partial charge in [0.2, 0.25) is 0 Å². The van der Waals surface area contributed by atoms with Crippen LogP contribution in [0, 0.1) is 0 Å². The highest BCUT2D eigenvalue weighted by molar-refractivity contribution is 4.78. The van der Waals surface area contributed by atoms with E-state index < -0.39 is 0 Å². The Morgan fingerprint density at radius 3 is 2.60 bits per heavy atom. The Balaban J connectivity index is 1.51. The molecule has 2 fully saturated rings. The van der Waals surface area contributed by atoms with Crippen molar-refractivity contribution >= 4 is 0 Å². The van der Waals surface area contributed by atoms with Crippen LogP contribution in [0.4, 0.5) is 0 Å². The molecule has 3 heteroatoms. The van der Waals surface area contributed by atoms with Crippen LogP contribution in [-0.4, -0.2) is 62.2 Å². The fourth-order valence-corrected chi connectivity index (χ4v) is 2.75. The molecule has 0 aromatic carbocycles. The quantitative estimate of drug-likeness (QED) is 0.678. The Bertz CT molecular complexity index is 178. The summed E-state index contributed by atoms with van der Waals surface area (Å²) >= 11 is 0.